The summed E-state index contributed by atoms with van der Waals surface area (Å²) in [7, 11) is 0. The first-order chi connectivity index (χ1) is 7.84. The van der Waals surface area contributed by atoms with E-state index >= 15 is 0 Å². The van der Waals surface area contributed by atoms with Gasteiger partial charge in [-0.1, -0.05) is 25.0 Å². The van der Waals surface area contributed by atoms with Crippen LogP contribution in [0, 0.1) is 0 Å². The first kappa shape index (κ1) is 11.8. The van der Waals surface area contributed by atoms with Crippen LogP contribution in [-0.2, 0) is 6.42 Å². The second-order valence-electron chi connectivity index (χ2n) is 4.62. The maximum absolute atomic E-state index is 5.66. The van der Waals surface area contributed by atoms with Gasteiger partial charge in [-0.25, -0.2) is 0 Å². The molecule has 2 rings (SSSR count). The van der Waals surface area contributed by atoms with Crippen molar-refractivity contribution >= 4 is 17.4 Å². The van der Waals surface area contributed by atoms with E-state index in [1.54, 1.807) is 0 Å². The Morgan fingerprint density at radius 2 is 1.81 bits per heavy atom. The van der Waals surface area contributed by atoms with Gasteiger partial charge in [0.15, 0.2) is 0 Å². The molecule has 0 bridgehead atoms. The van der Waals surface area contributed by atoms with Crippen molar-refractivity contribution in [3.8, 4) is 0 Å². The van der Waals surface area contributed by atoms with E-state index in [-0.39, 0.29) is 0 Å². The van der Waals surface area contributed by atoms with Crippen LogP contribution >= 0.6 is 11.8 Å². The molecule has 0 aromatic heterocycles. The van der Waals surface area contributed by atoms with Crippen LogP contribution in [0.25, 0.3) is 0 Å². The monoisotopic (exact) mass is 235 g/mol. The lowest BCUT2D eigenvalue weighted by atomic mass is 10.1. The number of hydrogen-bond donors (Lipinski definition) is 1. The van der Waals surface area contributed by atoms with Gasteiger partial charge in [-0.05, 0) is 49.1 Å². The molecule has 0 unspecified atom stereocenters. The van der Waals surface area contributed by atoms with Gasteiger partial charge in [0, 0.05) is 10.9 Å². The molecule has 0 amide bonds. The Morgan fingerprint density at radius 3 is 2.50 bits per heavy atom. The largest absolute Gasteiger partial charge is 0.399 e. The highest BCUT2D eigenvalue weighted by molar-refractivity contribution is 7.99. The van der Waals surface area contributed by atoms with Crippen molar-refractivity contribution < 1.29 is 0 Å². The Hall–Kier alpha value is -0.630. The fourth-order valence-corrected chi connectivity index (χ4v) is 3.58. The number of thioether (sulfide) groups is 1. The minimum absolute atomic E-state index is 0.865. The van der Waals surface area contributed by atoms with Gasteiger partial charge in [0.1, 0.15) is 0 Å². The van der Waals surface area contributed by atoms with Crippen molar-refractivity contribution in [3.05, 3.63) is 29.8 Å². The van der Waals surface area contributed by atoms with Crippen LogP contribution in [0.2, 0.25) is 0 Å². The average molecular weight is 235 g/mol. The van der Waals surface area contributed by atoms with E-state index in [0.717, 1.165) is 10.9 Å². The third-order valence-electron chi connectivity index (χ3n) is 3.25. The SMILES string of the molecule is Nc1ccc(CCCSC2CCCC2)cc1. The Bertz CT molecular complexity index is 301. The molecule has 2 heteroatoms. The summed E-state index contributed by atoms with van der Waals surface area (Å²) in [5, 5.41) is 0.964. The molecule has 1 aromatic rings. The molecule has 0 radical (unpaired) electrons. The van der Waals surface area contributed by atoms with Gasteiger partial charge in [0.25, 0.3) is 0 Å². The normalized spacial score (nSPS) is 16.8. The Morgan fingerprint density at radius 1 is 1.12 bits per heavy atom. The first-order valence-electron chi connectivity index (χ1n) is 6.30. The van der Waals surface area contributed by atoms with E-state index in [1.807, 2.05) is 12.1 Å². The van der Waals surface area contributed by atoms with E-state index in [0.29, 0.717) is 0 Å². The van der Waals surface area contributed by atoms with Crippen LogP contribution in [0.1, 0.15) is 37.7 Å². The van der Waals surface area contributed by atoms with E-state index in [4.69, 9.17) is 5.73 Å². The van der Waals surface area contributed by atoms with Gasteiger partial charge in [-0.15, -0.1) is 0 Å². The van der Waals surface area contributed by atoms with Crippen molar-refractivity contribution in [1.29, 1.82) is 0 Å². The topological polar surface area (TPSA) is 26.0 Å². The Kier molecular flexibility index (Phi) is 4.58. The van der Waals surface area contributed by atoms with E-state index in [2.05, 4.69) is 23.9 Å². The molecule has 1 saturated carbocycles. The zero-order chi connectivity index (χ0) is 11.2. The molecule has 1 aliphatic rings. The molecule has 0 aliphatic heterocycles. The Labute approximate surface area is 103 Å². The Balaban J connectivity index is 1.62. The molecule has 1 aliphatic carbocycles. The van der Waals surface area contributed by atoms with Crippen LogP contribution in [0.3, 0.4) is 0 Å². The van der Waals surface area contributed by atoms with Crippen LogP contribution in [-0.4, -0.2) is 11.0 Å². The van der Waals surface area contributed by atoms with E-state index < -0.39 is 0 Å². The van der Waals surface area contributed by atoms with Crippen molar-refractivity contribution in [2.75, 3.05) is 11.5 Å². The van der Waals surface area contributed by atoms with Crippen molar-refractivity contribution in [2.24, 2.45) is 0 Å². The van der Waals surface area contributed by atoms with Gasteiger partial charge in [-0.2, -0.15) is 11.8 Å². The number of nitrogen functional groups attached to an aromatic ring is 1. The van der Waals surface area contributed by atoms with Crippen LogP contribution < -0.4 is 5.73 Å². The average Bonchev–Trinajstić information content (AvgIpc) is 2.80. The lowest BCUT2D eigenvalue weighted by molar-refractivity contribution is 0.886. The molecule has 16 heavy (non-hydrogen) atoms. The summed E-state index contributed by atoms with van der Waals surface area (Å²) >= 11 is 2.18. The summed E-state index contributed by atoms with van der Waals surface area (Å²) in [5.74, 6) is 1.31. The third-order valence-corrected chi connectivity index (χ3v) is 4.71. The molecule has 1 aromatic carbocycles. The quantitative estimate of drug-likeness (QED) is 0.619. The zero-order valence-corrected chi connectivity index (χ0v) is 10.6. The lowest BCUT2D eigenvalue weighted by Gasteiger charge is -2.08. The number of rotatable bonds is 5. The van der Waals surface area contributed by atoms with Crippen molar-refractivity contribution in [3.63, 3.8) is 0 Å². The molecule has 88 valence electrons. The predicted molar refractivity (Wildman–Crippen MR) is 73.9 cm³/mol. The van der Waals surface area contributed by atoms with E-state index in [1.165, 1.54) is 49.8 Å². The molecular formula is C14H21NS. The predicted octanol–water partition coefficient (Wildman–Crippen LogP) is 3.88. The highest BCUT2D eigenvalue weighted by Crippen LogP contribution is 2.29. The molecule has 0 atom stereocenters. The van der Waals surface area contributed by atoms with Crippen LogP contribution in [0.4, 0.5) is 5.69 Å². The molecule has 1 fully saturated rings. The van der Waals surface area contributed by atoms with E-state index in [9.17, 15) is 0 Å². The second kappa shape index (κ2) is 6.19. The highest BCUT2D eigenvalue weighted by Gasteiger charge is 2.14. The van der Waals surface area contributed by atoms with Gasteiger partial charge >= 0.3 is 0 Å². The lowest BCUT2D eigenvalue weighted by Crippen LogP contribution is -1.97. The second-order valence-corrected chi connectivity index (χ2v) is 6.03. The highest BCUT2D eigenvalue weighted by atomic mass is 32.2. The van der Waals surface area contributed by atoms with Gasteiger partial charge in [0.05, 0.1) is 0 Å². The minimum Gasteiger partial charge on any atom is -0.399 e. The molecular weight excluding hydrogens is 214 g/mol. The van der Waals surface area contributed by atoms with Gasteiger partial charge in [-0.3, -0.25) is 0 Å². The van der Waals surface area contributed by atoms with Crippen molar-refractivity contribution in [2.45, 2.75) is 43.8 Å². The summed E-state index contributed by atoms with van der Waals surface area (Å²) in [4.78, 5) is 0. The first-order valence-corrected chi connectivity index (χ1v) is 7.35. The van der Waals surface area contributed by atoms with Gasteiger partial charge in [0.2, 0.25) is 0 Å². The summed E-state index contributed by atoms with van der Waals surface area (Å²) in [6, 6.07) is 8.30. The van der Waals surface area contributed by atoms with Crippen LogP contribution in [0.5, 0.6) is 0 Å². The maximum atomic E-state index is 5.66. The number of anilines is 1. The summed E-state index contributed by atoms with van der Waals surface area (Å²) < 4.78 is 0. The molecule has 2 N–H and O–H groups in total. The summed E-state index contributed by atoms with van der Waals surface area (Å²) in [5.41, 5.74) is 7.94. The molecule has 0 saturated heterocycles. The molecule has 0 spiro atoms. The smallest absolute Gasteiger partial charge is 0.0314 e. The number of hydrogen-bond acceptors (Lipinski definition) is 2. The number of nitrogens with two attached hydrogens (primary N) is 1. The third kappa shape index (κ3) is 3.75. The maximum Gasteiger partial charge on any atom is 0.0314 e. The number of benzene rings is 1. The fraction of sp³-hybridized carbons (Fsp3) is 0.571. The fourth-order valence-electron chi connectivity index (χ4n) is 2.27. The standard InChI is InChI=1S/C14H21NS/c15-13-9-7-12(8-10-13)4-3-11-16-14-5-1-2-6-14/h7-10,14H,1-6,11,15H2. The van der Waals surface area contributed by atoms with Gasteiger partial charge < -0.3 is 5.73 Å². The molecule has 0 heterocycles. The summed E-state index contributed by atoms with van der Waals surface area (Å²) in [6.45, 7) is 0. The summed E-state index contributed by atoms with van der Waals surface area (Å²) in [6.07, 6.45) is 8.30. The van der Waals surface area contributed by atoms with Crippen LogP contribution in [0.15, 0.2) is 24.3 Å². The number of aryl methyl sites for hydroxylation is 1. The minimum atomic E-state index is 0.865. The zero-order valence-electron chi connectivity index (χ0n) is 9.82. The molecule has 1 nitrogen and oxygen atoms in total. The van der Waals surface area contributed by atoms with Crippen molar-refractivity contribution in [1.82, 2.24) is 0 Å².